The zero-order valence-corrected chi connectivity index (χ0v) is 8.41. The van der Waals surface area contributed by atoms with E-state index in [2.05, 4.69) is 10.5 Å². The molecule has 0 atom stereocenters. The lowest BCUT2D eigenvalue weighted by molar-refractivity contribution is 0.0314. The molecule has 0 aliphatic carbocycles. The van der Waals surface area contributed by atoms with E-state index in [0.717, 1.165) is 6.42 Å². The quantitative estimate of drug-likeness (QED) is 0.583. The molecule has 0 radical (unpaired) electrons. The Balaban J connectivity index is 2.56. The number of aryl methyl sites for hydroxylation is 1. The maximum absolute atomic E-state index is 11.5. The van der Waals surface area contributed by atoms with Gasteiger partial charge in [-0.3, -0.25) is 14.6 Å². The molecule has 0 aromatic carbocycles. The molecular formula is C10H14N2O2. The summed E-state index contributed by atoms with van der Waals surface area (Å²) in [6, 6.07) is 3.44. The van der Waals surface area contributed by atoms with Gasteiger partial charge in [-0.2, -0.15) is 0 Å². The third-order valence-electron chi connectivity index (χ3n) is 1.72. The SMILES string of the molecule is CCCONC(=O)c1cccnc1C. The topological polar surface area (TPSA) is 51.2 Å². The van der Waals surface area contributed by atoms with E-state index >= 15 is 0 Å². The van der Waals surface area contributed by atoms with Gasteiger partial charge < -0.3 is 0 Å². The summed E-state index contributed by atoms with van der Waals surface area (Å²) in [5, 5.41) is 0. The highest BCUT2D eigenvalue weighted by Gasteiger charge is 2.07. The number of carbonyl (C=O) groups is 1. The smallest absolute Gasteiger partial charge is 0.273 e. The van der Waals surface area contributed by atoms with Crippen molar-refractivity contribution in [3.63, 3.8) is 0 Å². The van der Waals surface area contributed by atoms with Crippen molar-refractivity contribution in [3.8, 4) is 0 Å². The highest BCUT2D eigenvalue weighted by Crippen LogP contribution is 2.02. The highest BCUT2D eigenvalue weighted by atomic mass is 16.6. The first-order valence-corrected chi connectivity index (χ1v) is 4.59. The van der Waals surface area contributed by atoms with Gasteiger partial charge in [0.2, 0.25) is 0 Å². The molecule has 0 bridgehead atoms. The molecule has 0 fully saturated rings. The minimum atomic E-state index is -0.246. The fourth-order valence-electron chi connectivity index (χ4n) is 0.998. The van der Waals surface area contributed by atoms with E-state index in [1.54, 1.807) is 25.3 Å². The Bertz CT molecular complexity index is 313. The van der Waals surface area contributed by atoms with Crippen molar-refractivity contribution < 1.29 is 9.63 Å². The molecule has 1 N–H and O–H groups in total. The molecule has 0 unspecified atom stereocenters. The standard InChI is InChI=1S/C10H14N2O2/c1-3-7-14-12-10(13)9-5-4-6-11-8(9)2/h4-6H,3,7H2,1-2H3,(H,12,13). The molecule has 1 rings (SSSR count). The lowest BCUT2D eigenvalue weighted by Gasteiger charge is -2.05. The Morgan fingerprint density at radius 2 is 2.43 bits per heavy atom. The van der Waals surface area contributed by atoms with Crippen LogP contribution in [0, 0.1) is 6.92 Å². The summed E-state index contributed by atoms with van der Waals surface area (Å²) in [6.45, 7) is 4.28. The van der Waals surface area contributed by atoms with Gasteiger partial charge in [0, 0.05) is 6.20 Å². The Morgan fingerprint density at radius 3 is 3.07 bits per heavy atom. The number of carbonyl (C=O) groups excluding carboxylic acids is 1. The van der Waals surface area contributed by atoms with E-state index in [0.29, 0.717) is 17.9 Å². The predicted octanol–water partition coefficient (Wildman–Crippen LogP) is 1.46. The van der Waals surface area contributed by atoms with Gasteiger partial charge in [0.1, 0.15) is 0 Å². The van der Waals surface area contributed by atoms with Gasteiger partial charge in [-0.15, -0.1) is 0 Å². The van der Waals surface area contributed by atoms with Crippen LogP contribution in [-0.2, 0) is 4.84 Å². The van der Waals surface area contributed by atoms with Crippen LogP contribution in [0.5, 0.6) is 0 Å². The summed E-state index contributed by atoms with van der Waals surface area (Å²) in [5.74, 6) is -0.246. The highest BCUT2D eigenvalue weighted by molar-refractivity contribution is 5.94. The number of rotatable bonds is 4. The minimum absolute atomic E-state index is 0.246. The van der Waals surface area contributed by atoms with E-state index in [9.17, 15) is 4.79 Å². The molecule has 1 heterocycles. The van der Waals surface area contributed by atoms with Crippen LogP contribution in [0.25, 0.3) is 0 Å². The maximum Gasteiger partial charge on any atom is 0.276 e. The molecule has 1 aromatic heterocycles. The van der Waals surface area contributed by atoms with Gasteiger partial charge in [-0.25, -0.2) is 5.48 Å². The zero-order valence-electron chi connectivity index (χ0n) is 8.41. The van der Waals surface area contributed by atoms with Crippen molar-refractivity contribution in [2.24, 2.45) is 0 Å². The van der Waals surface area contributed by atoms with Crippen molar-refractivity contribution in [2.75, 3.05) is 6.61 Å². The molecule has 14 heavy (non-hydrogen) atoms. The predicted molar refractivity (Wildman–Crippen MR) is 52.7 cm³/mol. The summed E-state index contributed by atoms with van der Waals surface area (Å²) >= 11 is 0. The average Bonchev–Trinajstić information content (AvgIpc) is 2.18. The molecule has 1 amide bonds. The lowest BCUT2D eigenvalue weighted by Crippen LogP contribution is -2.25. The van der Waals surface area contributed by atoms with Crippen LogP contribution in [-0.4, -0.2) is 17.5 Å². The van der Waals surface area contributed by atoms with Gasteiger partial charge in [0.05, 0.1) is 17.9 Å². The Labute approximate surface area is 83.3 Å². The van der Waals surface area contributed by atoms with E-state index in [4.69, 9.17) is 4.84 Å². The molecule has 4 nitrogen and oxygen atoms in total. The first kappa shape index (κ1) is 10.7. The summed E-state index contributed by atoms with van der Waals surface area (Å²) < 4.78 is 0. The third kappa shape index (κ3) is 2.81. The normalized spacial score (nSPS) is 9.86. The van der Waals surface area contributed by atoms with Gasteiger partial charge in [0.15, 0.2) is 0 Å². The van der Waals surface area contributed by atoms with Crippen molar-refractivity contribution in [1.29, 1.82) is 0 Å². The summed E-state index contributed by atoms with van der Waals surface area (Å²) in [6.07, 6.45) is 2.52. The van der Waals surface area contributed by atoms with Crippen LogP contribution < -0.4 is 5.48 Å². The van der Waals surface area contributed by atoms with E-state index in [1.807, 2.05) is 6.92 Å². The Hall–Kier alpha value is -1.42. The second-order valence-corrected chi connectivity index (χ2v) is 2.92. The zero-order chi connectivity index (χ0) is 10.4. The van der Waals surface area contributed by atoms with Crippen LogP contribution in [0.1, 0.15) is 29.4 Å². The van der Waals surface area contributed by atoms with Crippen LogP contribution in [0.2, 0.25) is 0 Å². The number of pyridine rings is 1. The molecule has 0 saturated heterocycles. The first-order valence-electron chi connectivity index (χ1n) is 4.59. The van der Waals surface area contributed by atoms with Gasteiger partial charge in [-0.05, 0) is 25.5 Å². The van der Waals surface area contributed by atoms with Gasteiger partial charge >= 0.3 is 0 Å². The molecule has 0 spiro atoms. The minimum Gasteiger partial charge on any atom is -0.273 e. The van der Waals surface area contributed by atoms with Crippen molar-refractivity contribution >= 4 is 5.91 Å². The molecule has 0 aliphatic heterocycles. The number of aromatic nitrogens is 1. The summed E-state index contributed by atoms with van der Waals surface area (Å²) in [5.41, 5.74) is 3.61. The molecule has 76 valence electrons. The fourth-order valence-corrected chi connectivity index (χ4v) is 0.998. The number of nitrogens with one attached hydrogen (secondary N) is 1. The van der Waals surface area contributed by atoms with Gasteiger partial charge in [0.25, 0.3) is 5.91 Å². The average molecular weight is 194 g/mol. The van der Waals surface area contributed by atoms with E-state index < -0.39 is 0 Å². The second-order valence-electron chi connectivity index (χ2n) is 2.92. The second kappa shape index (κ2) is 5.34. The number of amides is 1. The number of nitrogens with zero attached hydrogens (tertiary/aromatic N) is 1. The Kier molecular flexibility index (Phi) is 4.07. The van der Waals surface area contributed by atoms with Gasteiger partial charge in [-0.1, -0.05) is 6.92 Å². The maximum atomic E-state index is 11.5. The van der Waals surface area contributed by atoms with Crippen LogP contribution in [0.4, 0.5) is 0 Å². The molecule has 0 aliphatic rings. The Morgan fingerprint density at radius 1 is 1.64 bits per heavy atom. The summed E-state index contributed by atoms with van der Waals surface area (Å²) in [7, 11) is 0. The van der Waals surface area contributed by atoms with Crippen molar-refractivity contribution in [2.45, 2.75) is 20.3 Å². The molecule has 4 heteroatoms. The third-order valence-corrected chi connectivity index (χ3v) is 1.72. The van der Waals surface area contributed by atoms with Crippen LogP contribution in [0.15, 0.2) is 18.3 Å². The van der Waals surface area contributed by atoms with E-state index in [1.165, 1.54) is 0 Å². The number of hydrogen-bond donors (Lipinski definition) is 1. The van der Waals surface area contributed by atoms with E-state index in [-0.39, 0.29) is 5.91 Å². The molecule has 0 saturated carbocycles. The first-order chi connectivity index (χ1) is 6.75. The summed E-state index contributed by atoms with van der Waals surface area (Å²) in [4.78, 5) is 20.4. The lowest BCUT2D eigenvalue weighted by atomic mass is 10.2. The molecule has 1 aromatic rings. The van der Waals surface area contributed by atoms with Crippen molar-refractivity contribution in [3.05, 3.63) is 29.6 Å². The number of hydroxylamine groups is 1. The van der Waals surface area contributed by atoms with Crippen molar-refractivity contribution in [1.82, 2.24) is 10.5 Å². The molecular weight excluding hydrogens is 180 g/mol. The van der Waals surface area contributed by atoms with Crippen LogP contribution >= 0.6 is 0 Å². The number of hydrogen-bond acceptors (Lipinski definition) is 3. The largest absolute Gasteiger partial charge is 0.276 e. The fraction of sp³-hybridized carbons (Fsp3) is 0.400. The van der Waals surface area contributed by atoms with Crippen LogP contribution in [0.3, 0.4) is 0 Å². The monoisotopic (exact) mass is 194 g/mol.